The van der Waals surface area contributed by atoms with E-state index in [4.69, 9.17) is 0 Å². The van der Waals surface area contributed by atoms with E-state index in [2.05, 4.69) is 10.6 Å². The molecule has 1 aliphatic heterocycles. The molecular formula is C12H16FN3O. The van der Waals surface area contributed by atoms with Gasteiger partial charge in [-0.3, -0.25) is 0 Å². The number of anilines is 1. The number of carbonyl (C=O) groups excluding carboxylic acids is 1. The number of carbonyl (C=O) groups is 1. The molecule has 4 nitrogen and oxygen atoms in total. The van der Waals surface area contributed by atoms with Crippen molar-refractivity contribution in [3.63, 3.8) is 0 Å². The topological polar surface area (TPSA) is 44.4 Å². The normalized spacial score (nSPS) is 20.1. The molecule has 0 spiro atoms. The molecule has 1 aromatic carbocycles. The van der Waals surface area contributed by atoms with E-state index in [0.29, 0.717) is 6.54 Å². The van der Waals surface area contributed by atoms with Gasteiger partial charge >= 0.3 is 6.03 Å². The molecule has 1 aliphatic rings. The fourth-order valence-electron chi connectivity index (χ4n) is 1.89. The number of nitrogens with one attached hydrogen (secondary N) is 2. The van der Waals surface area contributed by atoms with Gasteiger partial charge in [-0.2, -0.15) is 0 Å². The molecule has 17 heavy (non-hydrogen) atoms. The summed E-state index contributed by atoms with van der Waals surface area (Å²) >= 11 is 0. The lowest BCUT2D eigenvalue weighted by atomic mass is 10.2. The highest BCUT2D eigenvalue weighted by molar-refractivity contribution is 5.89. The largest absolute Gasteiger partial charge is 0.322 e. The Hall–Kier alpha value is -1.62. The molecule has 1 atom stereocenters. The number of hydrogen-bond donors (Lipinski definition) is 2. The minimum absolute atomic E-state index is 0.121. The zero-order valence-electron chi connectivity index (χ0n) is 9.74. The molecule has 92 valence electrons. The second kappa shape index (κ2) is 5.14. The second-order valence-electron chi connectivity index (χ2n) is 4.16. The van der Waals surface area contributed by atoms with Crippen molar-refractivity contribution in [2.24, 2.45) is 0 Å². The number of piperazine rings is 1. The molecule has 2 amide bonds. The minimum Gasteiger partial charge on any atom is -0.319 e. The third-order valence-electron chi connectivity index (χ3n) is 2.88. The standard InChI is InChI=1S/C12H16FN3O/c1-9-8-14-6-7-16(9)12(17)15-11-5-3-2-4-10(11)13/h2-5,9,14H,6-8H2,1H3,(H,15,17)/t9-/m0/s1. The number of hydrogen-bond acceptors (Lipinski definition) is 2. The first-order valence-electron chi connectivity index (χ1n) is 5.71. The van der Waals surface area contributed by atoms with Gasteiger partial charge < -0.3 is 15.5 Å². The molecular weight excluding hydrogens is 221 g/mol. The maximum absolute atomic E-state index is 13.4. The maximum atomic E-state index is 13.4. The number of halogens is 1. The van der Waals surface area contributed by atoms with Crippen molar-refractivity contribution in [1.82, 2.24) is 10.2 Å². The van der Waals surface area contributed by atoms with E-state index in [9.17, 15) is 9.18 Å². The average Bonchev–Trinajstić information content (AvgIpc) is 2.32. The smallest absolute Gasteiger partial charge is 0.319 e. The highest BCUT2D eigenvalue weighted by atomic mass is 19.1. The fourth-order valence-corrected chi connectivity index (χ4v) is 1.89. The summed E-state index contributed by atoms with van der Waals surface area (Å²) in [6, 6.07) is 6.05. The first-order valence-corrected chi connectivity index (χ1v) is 5.71. The van der Waals surface area contributed by atoms with Gasteiger partial charge in [0, 0.05) is 25.7 Å². The maximum Gasteiger partial charge on any atom is 0.322 e. The summed E-state index contributed by atoms with van der Waals surface area (Å²) in [6.45, 7) is 4.15. The Morgan fingerprint density at radius 1 is 1.53 bits per heavy atom. The molecule has 0 unspecified atom stereocenters. The van der Waals surface area contributed by atoms with Gasteiger partial charge in [0.25, 0.3) is 0 Å². The SMILES string of the molecule is C[C@H]1CNCCN1C(=O)Nc1ccccc1F. The van der Waals surface area contributed by atoms with Crippen molar-refractivity contribution in [3.8, 4) is 0 Å². The number of benzene rings is 1. The van der Waals surface area contributed by atoms with E-state index in [1.807, 2.05) is 6.92 Å². The molecule has 1 saturated heterocycles. The Kier molecular flexibility index (Phi) is 3.58. The van der Waals surface area contributed by atoms with Gasteiger partial charge in [-0.05, 0) is 19.1 Å². The molecule has 1 fully saturated rings. The average molecular weight is 237 g/mol. The van der Waals surface area contributed by atoms with E-state index in [-0.39, 0.29) is 17.8 Å². The van der Waals surface area contributed by atoms with Crippen molar-refractivity contribution in [2.75, 3.05) is 25.0 Å². The lowest BCUT2D eigenvalue weighted by molar-refractivity contribution is 0.177. The molecule has 0 bridgehead atoms. The lowest BCUT2D eigenvalue weighted by Gasteiger charge is -2.33. The Morgan fingerprint density at radius 3 is 3.00 bits per heavy atom. The van der Waals surface area contributed by atoms with Gasteiger partial charge in [0.05, 0.1) is 5.69 Å². The van der Waals surface area contributed by atoms with E-state index >= 15 is 0 Å². The molecule has 2 N–H and O–H groups in total. The Morgan fingerprint density at radius 2 is 2.29 bits per heavy atom. The third-order valence-corrected chi connectivity index (χ3v) is 2.88. The van der Waals surface area contributed by atoms with Crippen LogP contribution < -0.4 is 10.6 Å². The number of rotatable bonds is 1. The highest BCUT2D eigenvalue weighted by Crippen LogP contribution is 2.14. The minimum atomic E-state index is -0.413. The van der Waals surface area contributed by atoms with Crippen molar-refractivity contribution in [3.05, 3.63) is 30.1 Å². The Bertz CT molecular complexity index is 410. The predicted octanol–water partition coefficient (Wildman–Crippen LogP) is 1.65. The zero-order chi connectivity index (χ0) is 12.3. The van der Waals surface area contributed by atoms with E-state index in [0.717, 1.165) is 13.1 Å². The van der Waals surface area contributed by atoms with Crippen molar-refractivity contribution in [2.45, 2.75) is 13.0 Å². The van der Waals surface area contributed by atoms with Gasteiger partial charge in [-0.15, -0.1) is 0 Å². The summed E-state index contributed by atoms with van der Waals surface area (Å²) in [5, 5.41) is 5.79. The van der Waals surface area contributed by atoms with Gasteiger partial charge in [0.1, 0.15) is 5.82 Å². The van der Waals surface area contributed by atoms with Crippen molar-refractivity contribution in [1.29, 1.82) is 0 Å². The molecule has 0 saturated carbocycles. The van der Waals surface area contributed by atoms with Gasteiger partial charge in [0.15, 0.2) is 0 Å². The molecule has 1 aromatic rings. The monoisotopic (exact) mass is 237 g/mol. The van der Waals surface area contributed by atoms with Gasteiger partial charge in [0.2, 0.25) is 0 Å². The van der Waals surface area contributed by atoms with Crippen LogP contribution in [0.2, 0.25) is 0 Å². The quantitative estimate of drug-likeness (QED) is 0.780. The van der Waals surface area contributed by atoms with Crippen LogP contribution in [0.1, 0.15) is 6.92 Å². The summed E-state index contributed by atoms with van der Waals surface area (Å²) in [6.07, 6.45) is 0. The number of para-hydroxylation sites is 1. The Labute approximate surface area is 99.8 Å². The van der Waals surface area contributed by atoms with Crippen LogP contribution in [-0.4, -0.2) is 36.6 Å². The summed E-state index contributed by atoms with van der Waals surface area (Å²) < 4.78 is 13.4. The zero-order valence-corrected chi connectivity index (χ0v) is 9.74. The number of urea groups is 1. The molecule has 0 aliphatic carbocycles. The van der Waals surface area contributed by atoms with Crippen LogP contribution in [0.5, 0.6) is 0 Å². The summed E-state index contributed by atoms with van der Waals surface area (Å²) in [4.78, 5) is 13.7. The molecule has 0 aromatic heterocycles. The number of amides is 2. The van der Waals surface area contributed by atoms with Crippen LogP contribution in [-0.2, 0) is 0 Å². The first kappa shape index (κ1) is 11.9. The Balaban J connectivity index is 2.03. The van der Waals surface area contributed by atoms with Crippen LogP contribution >= 0.6 is 0 Å². The molecule has 5 heteroatoms. The summed E-state index contributed by atoms with van der Waals surface area (Å²) in [5.74, 6) is -0.413. The van der Waals surface area contributed by atoms with Crippen LogP contribution in [0.4, 0.5) is 14.9 Å². The van der Waals surface area contributed by atoms with Crippen LogP contribution in [0, 0.1) is 5.82 Å². The van der Waals surface area contributed by atoms with E-state index in [1.165, 1.54) is 6.07 Å². The molecule has 2 rings (SSSR count). The van der Waals surface area contributed by atoms with E-state index in [1.54, 1.807) is 23.1 Å². The van der Waals surface area contributed by atoms with Gasteiger partial charge in [-0.25, -0.2) is 9.18 Å². The lowest BCUT2D eigenvalue weighted by Crippen LogP contribution is -2.53. The van der Waals surface area contributed by atoms with Crippen molar-refractivity contribution >= 4 is 11.7 Å². The van der Waals surface area contributed by atoms with Crippen LogP contribution in [0.15, 0.2) is 24.3 Å². The summed E-state index contributed by atoms with van der Waals surface area (Å²) in [7, 11) is 0. The van der Waals surface area contributed by atoms with E-state index < -0.39 is 5.82 Å². The first-order chi connectivity index (χ1) is 8.18. The summed E-state index contributed by atoms with van der Waals surface area (Å²) in [5.41, 5.74) is 0.225. The van der Waals surface area contributed by atoms with Crippen LogP contribution in [0.25, 0.3) is 0 Å². The molecule has 1 heterocycles. The van der Waals surface area contributed by atoms with Crippen molar-refractivity contribution < 1.29 is 9.18 Å². The van der Waals surface area contributed by atoms with Gasteiger partial charge in [-0.1, -0.05) is 12.1 Å². The third kappa shape index (κ3) is 2.74. The second-order valence-corrected chi connectivity index (χ2v) is 4.16. The fraction of sp³-hybridized carbons (Fsp3) is 0.417. The molecule has 0 radical (unpaired) electrons. The van der Waals surface area contributed by atoms with Crippen LogP contribution in [0.3, 0.4) is 0 Å². The highest BCUT2D eigenvalue weighted by Gasteiger charge is 2.23. The number of nitrogens with zero attached hydrogens (tertiary/aromatic N) is 1. The predicted molar refractivity (Wildman–Crippen MR) is 64.5 cm³/mol.